The number of hydrogen-bond donors (Lipinski definition) is 2. The zero-order valence-corrected chi connectivity index (χ0v) is 18.5. The van der Waals surface area contributed by atoms with E-state index in [0.717, 1.165) is 0 Å². The number of nitrogens with one attached hydrogen (secondary N) is 1. The SMILES string of the molecule is CSC(CC(=O)O)C(=O)NCCOCCOCCOCCOCCC(=O)C(C)C. The molecule has 1 atom stereocenters. The molecule has 0 aliphatic carbocycles. The maximum Gasteiger partial charge on any atom is 0.305 e. The maximum atomic E-state index is 11.8. The zero-order chi connectivity index (χ0) is 21.9. The van der Waals surface area contributed by atoms with E-state index < -0.39 is 11.2 Å². The normalized spacial score (nSPS) is 12.1. The van der Waals surface area contributed by atoms with Gasteiger partial charge in [0.2, 0.25) is 5.91 Å². The number of ketones is 1. The molecule has 0 saturated heterocycles. The van der Waals surface area contributed by atoms with Crippen LogP contribution in [0, 0.1) is 5.92 Å². The highest BCUT2D eigenvalue weighted by atomic mass is 32.2. The monoisotopic (exact) mass is 437 g/mol. The summed E-state index contributed by atoms with van der Waals surface area (Å²) in [6.07, 6.45) is 1.94. The van der Waals surface area contributed by atoms with Crippen molar-refractivity contribution >= 4 is 29.4 Å². The van der Waals surface area contributed by atoms with Crippen molar-refractivity contribution in [1.29, 1.82) is 0 Å². The molecular formula is C19H35NO8S. The zero-order valence-electron chi connectivity index (χ0n) is 17.6. The first kappa shape index (κ1) is 27.8. The molecule has 0 radical (unpaired) electrons. The first-order valence-corrected chi connectivity index (χ1v) is 11.0. The minimum atomic E-state index is -0.998. The molecule has 0 fully saturated rings. The van der Waals surface area contributed by atoms with Gasteiger partial charge in [-0.15, -0.1) is 0 Å². The van der Waals surface area contributed by atoms with Gasteiger partial charge in [0.25, 0.3) is 0 Å². The van der Waals surface area contributed by atoms with Crippen molar-refractivity contribution < 1.29 is 38.4 Å². The minimum Gasteiger partial charge on any atom is -0.481 e. The van der Waals surface area contributed by atoms with Gasteiger partial charge >= 0.3 is 5.97 Å². The Hall–Kier alpha value is -1.20. The van der Waals surface area contributed by atoms with E-state index in [9.17, 15) is 14.4 Å². The standard InChI is InChI=1S/C19H35NO8S/c1-15(2)16(21)4-6-25-8-10-27-12-13-28-11-9-26-7-5-20-19(24)17(29-3)14-18(22)23/h15,17H,4-14H2,1-3H3,(H,20,24)(H,22,23). The van der Waals surface area contributed by atoms with E-state index in [2.05, 4.69) is 5.32 Å². The molecule has 0 heterocycles. The van der Waals surface area contributed by atoms with Crippen LogP contribution in [0.15, 0.2) is 0 Å². The second kappa shape index (κ2) is 18.8. The Bertz CT molecular complexity index is 461. The van der Waals surface area contributed by atoms with E-state index in [1.165, 1.54) is 11.8 Å². The summed E-state index contributed by atoms with van der Waals surface area (Å²) in [6, 6.07) is 0. The maximum absolute atomic E-state index is 11.8. The molecule has 0 rings (SSSR count). The smallest absolute Gasteiger partial charge is 0.305 e. The predicted molar refractivity (Wildman–Crippen MR) is 110 cm³/mol. The number of aliphatic carboxylic acids is 1. The quantitative estimate of drug-likeness (QED) is 0.269. The van der Waals surface area contributed by atoms with Crippen LogP contribution in [-0.2, 0) is 33.3 Å². The number of carbonyl (C=O) groups excluding carboxylic acids is 2. The van der Waals surface area contributed by atoms with Gasteiger partial charge < -0.3 is 29.4 Å². The number of carboxylic acids is 1. The molecule has 10 heteroatoms. The van der Waals surface area contributed by atoms with Crippen molar-refractivity contribution in [1.82, 2.24) is 5.32 Å². The van der Waals surface area contributed by atoms with Crippen LogP contribution in [0.4, 0.5) is 0 Å². The fourth-order valence-electron chi connectivity index (χ4n) is 2.03. The Morgan fingerprint density at radius 1 is 0.862 bits per heavy atom. The Morgan fingerprint density at radius 2 is 1.34 bits per heavy atom. The lowest BCUT2D eigenvalue weighted by molar-refractivity contribution is -0.138. The Labute approximate surface area is 177 Å². The second-order valence-corrected chi connectivity index (χ2v) is 7.47. The van der Waals surface area contributed by atoms with Crippen molar-refractivity contribution in [3.8, 4) is 0 Å². The number of amides is 1. The van der Waals surface area contributed by atoms with Crippen LogP contribution < -0.4 is 5.32 Å². The summed E-state index contributed by atoms with van der Waals surface area (Å²) in [5.41, 5.74) is 0. The van der Waals surface area contributed by atoms with Gasteiger partial charge in [0.15, 0.2) is 0 Å². The second-order valence-electron chi connectivity index (χ2n) is 6.43. The Kier molecular flexibility index (Phi) is 18.0. The third kappa shape index (κ3) is 17.4. The summed E-state index contributed by atoms with van der Waals surface area (Å²) in [7, 11) is 0. The van der Waals surface area contributed by atoms with Crippen molar-refractivity contribution in [3.05, 3.63) is 0 Å². The van der Waals surface area contributed by atoms with Crippen LogP contribution in [0.5, 0.6) is 0 Å². The molecule has 9 nitrogen and oxygen atoms in total. The number of ether oxygens (including phenoxy) is 4. The molecule has 0 saturated carbocycles. The number of carbonyl (C=O) groups is 3. The number of rotatable bonds is 20. The summed E-state index contributed by atoms with van der Waals surface area (Å²) >= 11 is 1.21. The van der Waals surface area contributed by atoms with E-state index in [1.807, 2.05) is 13.8 Å². The van der Waals surface area contributed by atoms with Gasteiger partial charge in [0.1, 0.15) is 5.78 Å². The number of carboxylic acid groups (broad SMARTS) is 1. The number of thioether (sulfide) groups is 1. The van der Waals surface area contributed by atoms with Gasteiger partial charge in [-0.05, 0) is 6.26 Å². The van der Waals surface area contributed by atoms with Crippen LogP contribution in [-0.4, -0.2) is 93.7 Å². The average Bonchev–Trinajstić information content (AvgIpc) is 2.68. The third-order valence-corrected chi connectivity index (χ3v) is 4.69. The summed E-state index contributed by atoms with van der Waals surface area (Å²) in [5.74, 6) is -1.05. The molecular weight excluding hydrogens is 402 g/mol. The Balaban J connectivity index is 3.34. The molecule has 0 bridgehead atoms. The van der Waals surface area contributed by atoms with Crippen LogP contribution in [0.25, 0.3) is 0 Å². The lowest BCUT2D eigenvalue weighted by Gasteiger charge is -2.12. The lowest BCUT2D eigenvalue weighted by Crippen LogP contribution is -2.36. The number of hydrogen-bond acceptors (Lipinski definition) is 8. The van der Waals surface area contributed by atoms with Crippen molar-refractivity contribution in [3.63, 3.8) is 0 Å². The molecule has 1 amide bonds. The summed E-state index contributed by atoms with van der Waals surface area (Å²) in [5, 5.41) is 10.8. The summed E-state index contributed by atoms with van der Waals surface area (Å²) < 4.78 is 21.4. The van der Waals surface area contributed by atoms with Crippen molar-refractivity contribution in [2.24, 2.45) is 5.92 Å². The molecule has 0 aromatic rings. The van der Waals surface area contributed by atoms with Crippen LogP contribution >= 0.6 is 11.8 Å². The molecule has 0 aliphatic rings. The Morgan fingerprint density at radius 3 is 1.79 bits per heavy atom. The summed E-state index contributed by atoms with van der Waals surface area (Å²) in [4.78, 5) is 33.8. The fourth-order valence-corrected chi connectivity index (χ4v) is 2.63. The minimum absolute atomic E-state index is 0.0473. The van der Waals surface area contributed by atoms with Gasteiger partial charge in [-0.3, -0.25) is 14.4 Å². The number of Topliss-reactive ketones (excluding diaryl/α,β-unsaturated/α-hetero) is 1. The van der Waals surface area contributed by atoms with Gasteiger partial charge in [0.05, 0.1) is 64.5 Å². The molecule has 29 heavy (non-hydrogen) atoms. The topological polar surface area (TPSA) is 120 Å². The highest BCUT2D eigenvalue weighted by molar-refractivity contribution is 7.99. The molecule has 0 aliphatic heterocycles. The largest absolute Gasteiger partial charge is 0.481 e. The third-order valence-electron chi connectivity index (χ3n) is 3.74. The molecule has 2 N–H and O–H groups in total. The van der Waals surface area contributed by atoms with Gasteiger partial charge in [-0.2, -0.15) is 11.8 Å². The molecule has 0 aromatic carbocycles. The van der Waals surface area contributed by atoms with E-state index in [1.54, 1.807) is 6.26 Å². The lowest BCUT2D eigenvalue weighted by atomic mass is 10.1. The van der Waals surface area contributed by atoms with Gasteiger partial charge in [0, 0.05) is 18.9 Å². The van der Waals surface area contributed by atoms with E-state index in [-0.39, 0.29) is 24.0 Å². The van der Waals surface area contributed by atoms with Crippen molar-refractivity contribution in [2.45, 2.75) is 31.9 Å². The van der Waals surface area contributed by atoms with E-state index in [0.29, 0.717) is 65.8 Å². The highest BCUT2D eigenvalue weighted by Crippen LogP contribution is 2.10. The molecule has 0 spiro atoms. The molecule has 1 unspecified atom stereocenters. The first-order chi connectivity index (χ1) is 13.9. The van der Waals surface area contributed by atoms with Crippen LogP contribution in [0.1, 0.15) is 26.7 Å². The van der Waals surface area contributed by atoms with Gasteiger partial charge in [-0.25, -0.2) is 0 Å². The summed E-state index contributed by atoms with van der Waals surface area (Å²) in [6.45, 7) is 7.42. The molecule has 170 valence electrons. The highest BCUT2D eigenvalue weighted by Gasteiger charge is 2.19. The van der Waals surface area contributed by atoms with Crippen molar-refractivity contribution in [2.75, 3.05) is 65.7 Å². The fraction of sp³-hybridized carbons (Fsp3) is 0.842. The first-order valence-electron chi connectivity index (χ1n) is 9.74. The predicted octanol–water partition coefficient (Wildman–Crippen LogP) is 0.991. The molecule has 0 aromatic heterocycles. The van der Waals surface area contributed by atoms with Crippen LogP contribution in [0.2, 0.25) is 0 Å². The van der Waals surface area contributed by atoms with E-state index in [4.69, 9.17) is 24.1 Å². The average molecular weight is 438 g/mol. The van der Waals surface area contributed by atoms with E-state index >= 15 is 0 Å². The van der Waals surface area contributed by atoms with Crippen LogP contribution in [0.3, 0.4) is 0 Å². The van der Waals surface area contributed by atoms with Gasteiger partial charge in [-0.1, -0.05) is 13.8 Å².